The number of carbonyl (C=O) groups excluding carboxylic acids is 3. The molecule has 1 unspecified atom stereocenters. The SMILES string of the molecule is C=C(C(=O)OC)C(c1ccc(Cl)cc1)N1C(=O)c2ccccc2C1=O. The Bertz CT molecular complexity index is 854. The molecule has 1 aliphatic heterocycles. The van der Waals surface area contributed by atoms with Crippen molar-refractivity contribution in [2.75, 3.05) is 7.11 Å². The second kappa shape index (κ2) is 6.53. The zero-order valence-electron chi connectivity index (χ0n) is 13.4. The van der Waals surface area contributed by atoms with Crippen LogP contribution >= 0.6 is 11.6 Å². The van der Waals surface area contributed by atoms with E-state index in [4.69, 9.17) is 16.3 Å². The van der Waals surface area contributed by atoms with E-state index in [1.807, 2.05) is 0 Å². The molecule has 6 heteroatoms. The molecule has 0 bridgehead atoms. The number of imide groups is 1. The Balaban J connectivity index is 2.11. The van der Waals surface area contributed by atoms with Gasteiger partial charge in [0.2, 0.25) is 0 Å². The summed E-state index contributed by atoms with van der Waals surface area (Å²) in [5.74, 6) is -1.66. The maximum atomic E-state index is 12.8. The maximum Gasteiger partial charge on any atom is 0.335 e. The normalized spacial score (nSPS) is 14.2. The summed E-state index contributed by atoms with van der Waals surface area (Å²) in [5.41, 5.74) is 1.11. The molecule has 2 aromatic rings. The highest BCUT2D eigenvalue weighted by Gasteiger charge is 2.42. The minimum atomic E-state index is -0.975. The summed E-state index contributed by atoms with van der Waals surface area (Å²) in [6.07, 6.45) is 0. The Hall–Kier alpha value is -2.92. The molecule has 0 saturated carbocycles. The lowest BCUT2D eigenvalue weighted by molar-refractivity contribution is -0.136. The van der Waals surface area contributed by atoms with Gasteiger partial charge in [0.05, 0.1) is 29.9 Å². The van der Waals surface area contributed by atoms with Crippen LogP contribution < -0.4 is 0 Å². The van der Waals surface area contributed by atoms with Gasteiger partial charge in [0.1, 0.15) is 0 Å². The quantitative estimate of drug-likeness (QED) is 0.479. The predicted octanol–water partition coefficient (Wildman–Crippen LogP) is 3.41. The van der Waals surface area contributed by atoms with E-state index < -0.39 is 23.8 Å². The van der Waals surface area contributed by atoms with Gasteiger partial charge in [0.15, 0.2) is 0 Å². The highest BCUT2D eigenvalue weighted by atomic mass is 35.5. The van der Waals surface area contributed by atoms with Crippen molar-refractivity contribution in [3.63, 3.8) is 0 Å². The van der Waals surface area contributed by atoms with E-state index >= 15 is 0 Å². The average molecular weight is 356 g/mol. The number of halogens is 1. The fourth-order valence-corrected chi connectivity index (χ4v) is 2.96. The molecule has 0 radical (unpaired) electrons. The molecule has 126 valence electrons. The standard InChI is InChI=1S/C19H14ClNO4/c1-11(19(24)25-2)16(12-7-9-13(20)10-8-12)21-17(22)14-5-3-4-6-15(14)18(21)23/h3-10,16H,1H2,2H3. The third-order valence-corrected chi connectivity index (χ3v) is 4.30. The van der Waals surface area contributed by atoms with Crippen LogP contribution in [0.4, 0.5) is 0 Å². The van der Waals surface area contributed by atoms with Gasteiger partial charge < -0.3 is 4.74 Å². The first-order chi connectivity index (χ1) is 12.0. The minimum Gasteiger partial charge on any atom is -0.466 e. The van der Waals surface area contributed by atoms with Crippen LogP contribution in [0.1, 0.15) is 32.3 Å². The number of hydrogen-bond donors (Lipinski definition) is 0. The van der Waals surface area contributed by atoms with Gasteiger partial charge in [-0.05, 0) is 29.8 Å². The van der Waals surface area contributed by atoms with Gasteiger partial charge in [0, 0.05) is 5.02 Å². The monoisotopic (exact) mass is 355 g/mol. The Kier molecular flexibility index (Phi) is 4.42. The highest BCUT2D eigenvalue weighted by molar-refractivity contribution is 6.30. The lowest BCUT2D eigenvalue weighted by Crippen LogP contribution is -2.36. The zero-order chi connectivity index (χ0) is 18.1. The number of benzene rings is 2. The summed E-state index contributed by atoms with van der Waals surface area (Å²) in [6.45, 7) is 3.75. The van der Waals surface area contributed by atoms with Crippen molar-refractivity contribution in [2.24, 2.45) is 0 Å². The van der Waals surface area contributed by atoms with Crippen molar-refractivity contribution in [1.29, 1.82) is 0 Å². The molecule has 1 aliphatic rings. The molecule has 1 atom stereocenters. The van der Waals surface area contributed by atoms with Crippen molar-refractivity contribution in [3.8, 4) is 0 Å². The number of hydrogen-bond acceptors (Lipinski definition) is 4. The van der Waals surface area contributed by atoms with Gasteiger partial charge in [0.25, 0.3) is 11.8 Å². The molecule has 2 amide bonds. The number of carbonyl (C=O) groups is 3. The summed E-state index contributed by atoms with van der Waals surface area (Å²) in [7, 11) is 1.22. The fourth-order valence-electron chi connectivity index (χ4n) is 2.84. The smallest absolute Gasteiger partial charge is 0.335 e. The minimum absolute atomic E-state index is 0.0145. The summed E-state index contributed by atoms with van der Waals surface area (Å²) in [4.78, 5) is 38.7. The Morgan fingerprint density at radius 1 is 1.04 bits per heavy atom. The van der Waals surface area contributed by atoms with E-state index in [0.29, 0.717) is 21.7 Å². The maximum absolute atomic E-state index is 12.8. The van der Waals surface area contributed by atoms with Gasteiger partial charge >= 0.3 is 5.97 Å². The molecule has 0 saturated heterocycles. The van der Waals surface area contributed by atoms with Crippen molar-refractivity contribution >= 4 is 29.4 Å². The second-order valence-electron chi connectivity index (χ2n) is 5.50. The molecule has 3 rings (SSSR count). The van der Waals surface area contributed by atoms with Crippen LogP contribution in [0.15, 0.2) is 60.7 Å². The fraction of sp³-hybridized carbons (Fsp3) is 0.105. The number of esters is 1. The van der Waals surface area contributed by atoms with E-state index in [2.05, 4.69) is 6.58 Å². The first-order valence-electron chi connectivity index (χ1n) is 7.45. The number of rotatable bonds is 4. The lowest BCUT2D eigenvalue weighted by atomic mass is 9.98. The highest BCUT2D eigenvalue weighted by Crippen LogP contribution is 2.36. The molecule has 2 aromatic carbocycles. The van der Waals surface area contributed by atoms with Crippen molar-refractivity contribution in [3.05, 3.63) is 82.4 Å². The van der Waals surface area contributed by atoms with Crippen LogP contribution in [0.5, 0.6) is 0 Å². The second-order valence-corrected chi connectivity index (χ2v) is 5.93. The van der Waals surface area contributed by atoms with Crippen LogP contribution in [-0.4, -0.2) is 29.8 Å². The van der Waals surface area contributed by atoms with Gasteiger partial charge in [-0.2, -0.15) is 0 Å². The number of amides is 2. The molecule has 0 N–H and O–H groups in total. The summed E-state index contributed by atoms with van der Waals surface area (Å²) in [5, 5.41) is 0.494. The molecule has 0 fully saturated rings. The van der Waals surface area contributed by atoms with Gasteiger partial charge in [-0.3, -0.25) is 14.5 Å². The average Bonchev–Trinajstić information content (AvgIpc) is 2.88. The summed E-state index contributed by atoms with van der Waals surface area (Å²) >= 11 is 5.91. The Morgan fingerprint density at radius 2 is 1.56 bits per heavy atom. The number of methoxy groups -OCH3 is 1. The van der Waals surface area contributed by atoms with Gasteiger partial charge in [-0.25, -0.2) is 4.79 Å². The Morgan fingerprint density at radius 3 is 2.04 bits per heavy atom. The first-order valence-corrected chi connectivity index (χ1v) is 7.83. The molecular formula is C19H14ClNO4. The van der Waals surface area contributed by atoms with E-state index in [1.54, 1.807) is 48.5 Å². The third kappa shape index (κ3) is 2.83. The van der Waals surface area contributed by atoms with E-state index in [-0.39, 0.29) is 5.57 Å². The predicted molar refractivity (Wildman–Crippen MR) is 92.3 cm³/mol. The van der Waals surface area contributed by atoms with E-state index in [0.717, 1.165) is 4.90 Å². The van der Waals surface area contributed by atoms with Crippen molar-refractivity contribution in [2.45, 2.75) is 6.04 Å². The van der Waals surface area contributed by atoms with Gasteiger partial charge in [-0.15, -0.1) is 0 Å². The van der Waals surface area contributed by atoms with Crippen LogP contribution in [0, 0.1) is 0 Å². The van der Waals surface area contributed by atoms with Crippen molar-refractivity contribution in [1.82, 2.24) is 4.90 Å². The van der Waals surface area contributed by atoms with E-state index in [1.165, 1.54) is 7.11 Å². The van der Waals surface area contributed by atoms with E-state index in [9.17, 15) is 14.4 Å². The molecule has 0 aliphatic carbocycles. The largest absolute Gasteiger partial charge is 0.466 e. The first kappa shape index (κ1) is 16.9. The molecule has 25 heavy (non-hydrogen) atoms. The third-order valence-electron chi connectivity index (χ3n) is 4.05. The summed E-state index contributed by atoms with van der Waals surface area (Å²) < 4.78 is 4.73. The topological polar surface area (TPSA) is 63.7 Å². The van der Waals surface area contributed by atoms with Crippen LogP contribution in [0.25, 0.3) is 0 Å². The van der Waals surface area contributed by atoms with Gasteiger partial charge in [-0.1, -0.05) is 42.4 Å². The lowest BCUT2D eigenvalue weighted by Gasteiger charge is -2.27. The molecule has 5 nitrogen and oxygen atoms in total. The Labute approximate surface area is 149 Å². The summed E-state index contributed by atoms with van der Waals surface area (Å²) in [6, 6.07) is 12.1. The molecule has 0 aromatic heterocycles. The zero-order valence-corrected chi connectivity index (χ0v) is 14.1. The number of ether oxygens (including phenoxy) is 1. The number of nitrogens with zero attached hydrogens (tertiary/aromatic N) is 1. The molecular weight excluding hydrogens is 342 g/mol. The van der Waals surface area contributed by atoms with Crippen LogP contribution in [-0.2, 0) is 9.53 Å². The van der Waals surface area contributed by atoms with Crippen LogP contribution in [0.3, 0.4) is 0 Å². The van der Waals surface area contributed by atoms with Crippen LogP contribution in [0.2, 0.25) is 5.02 Å². The van der Waals surface area contributed by atoms with Crippen molar-refractivity contribution < 1.29 is 19.1 Å². The molecule has 0 spiro atoms. The number of fused-ring (bicyclic) bond motifs is 1. The molecule has 1 heterocycles.